The van der Waals surface area contributed by atoms with Crippen LogP contribution in [0.5, 0.6) is 0 Å². The third-order valence-corrected chi connectivity index (χ3v) is 3.77. The fourth-order valence-corrected chi connectivity index (χ4v) is 2.98. The first-order valence-electron chi connectivity index (χ1n) is 4.13. The van der Waals surface area contributed by atoms with E-state index in [9.17, 15) is 4.79 Å². The summed E-state index contributed by atoms with van der Waals surface area (Å²) in [5.74, 6) is 0.612. The summed E-state index contributed by atoms with van der Waals surface area (Å²) in [4.78, 5) is 13.6. The molecule has 1 fully saturated rings. The Balaban J connectivity index is 2.60. The second-order valence-electron chi connectivity index (χ2n) is 3.17. The average Bonchev–Trinajstić information content (AvgIpc) is 2.33. The Bertz CT molecular complexity index is 174. The summed E-state index contributed by atoms with van der Waals surface area (Å²) >= 11 is 4.69. The van der Waals surface area contributed by atoms with Crippen LogP contribution in [-0.4, -0.2) is 32.2 Å². The van der Waals surface area contributed by atoms with Crippen LogP contribution in [0.15, 0.2) is 0 Å². The van der Waals surface area contributed by atoms with Crippen LogP contribution in [-0.2, 0) is 4.79 Å². The number of rotatable bonds is 3. The number of halogens is 2. The molecule has 1 heterocycles. The summed E-state index contributed by atoms with van der Waals surface area (Å²) in [7, 11) is 0. The van der Waals surface area contributed by atoms with Crippen LogP contribution in [0.4, 0.5) is 0 Å². The van der Waals surface area contributed by atoms with Crippen LogP contribution in [0, 0.1) is 5.92 Å². The molecule has 0 N–H and O–H groups in total. The molecular formula is C8H13I2NO. The van der Waals surface area contributed by atoms with Crippen molar-refractivity contribution in [3.8, 4) is 0 Å². The number of likely N-dealkylation sites (tertiary alicyclic amines) is 1. The van der Waals surface area contributed by atoms with E-state index in [4.69, 9.17) is 0 Å². The highest BCUT2D eigenvalue weighted by atomic mass is 127. The number of alkyl halides is 2. The van der Waals surface area contributed by atoms with E-state index in [1.807, 2.05) is 11.8 Å². The lowest BCUT2D eigenvalue weighted by Crippen LogP contribution is -2.36. The number of hydrogen-bond donors (Lipinski definition) is 0. The largest absolute Gasteiger partial charge is 0.338 e. The second kappa shape index (κ2) is 4.97. The van der Waals surface area contributed by atoms with E-state index in [0.29, 0.717) is 11.9 Å². The number of carbonyl (C=O) groups is 1. The summed E-state index contributed by atoms with van der Waals surface area (Å²) < 4.78 is 2.12. The molecule has 0 aromatic carbocycles. The van der Waals surface area contributed by atoms with E-state index in [0.717, 1.165) is 21.8 Å². The van der Waals surface area contributed by atoms with E-state index < -0.39 is 0 Å². The molecule has 12 heavy (non-hydrogen) atoms. The van der Waals surface area contributed by atoms with E-state index in [1.54, 1.807) is 0 Å². The lowest BCUT2D eigenvalue weighted by Gasteiger charge is -2.21. The minimum absolute atomic E-state index is 0.257. The molecule has 0 spiro atoms. The predicted octanol–water partition coefficient (Wildman–Crippen LogP) is 2.09. The smallest absolute Gasteiger partial charge is 0.225 e. The molecule has 2 unspecified atom stereocenters. The number of carbonyl (C=O) groups excluding carboxylic acids is 1. The van der Waals surface area contributed by atoms with Gasteiger partial charge >= 0.3 is 0 Å². The molecule has 1 aliphatic heterocycles. The van der Waals surface area contributed by atoms with Crippen molar-refractivity contribution < 1.29 is 4.79 Å². The maximum atomic E-state index is 11.6. The third-order valence-electron chi connectivity index (χ3n) is 2.27. The van der Waals surface area contributed by atoms with Gasteiger partial charge in [0.1, 0.15) is 0 Å². The second-order valence-corrected chi connectivity index (χ2v) is 5.13. The maximum Gasteiger partial charge on any atom is 0.225 e. The van der Waals surface area contributed by atoms with E-state index in [2.05, 4.69) is 45.2 Å². The van der Waals surface area contributed by atoms with Crippen molar-refractivity contribution >= 4 is 51.1 Å². The number of nitrogens with zero attached hydrogens (tertiary/aromatic N) is 1. The molecule has 1 saturated heterocycles. The number of amides is 1. The molecule has 4 heteroatoms. The zero-order valence-corrected chi connectivity index (χ0v) is 11.4. The Morgan fingerprint density at radius 1 is 1.58 bits per heavy atom. The Morgan fingerprint density at radius 2 is 2.25 bits per heavy atom. The molecule has 2 atom stereocenters. The average molecular weight is 393 g/mol. The number of hydrogen-bond acceptors (Lipinski definition) is 1. The van der Waals surface area contributed by atoms with Crippen molar-refractivity contribution in [1.82, 2.24) is 4.90 Å². The lowest BCUT2D eigenvalue weighted by molar-refractivity contribution is -0.131. The molecule has 0 aliphatic carbocycles. The highest BCUT2D eigenvalue weighted by molar-refractivity contribution is 14.1. The van der Waals surface area contributed by atoms with Gasteiger partial charge in [-0.2, -0.15) is 0 Å². The van der Waals surface area contributed by atoms with Gasteiger partial charge in [-0.3, -0.25) is 4.79 Å². The van der Waals surface area contributed by atoms with Crippen molar-refractivity contribution in [1.29, 1.82) is 0 Å². The zero-order chi connectivity index (χ0) is 9.14. The maximum absolute atomic E-state index is 11.6. The molecule has 0 aromatic rings. The zero-order valence-electron chi connectivity index (χ0n) is 7.09. The van der Waals surface area contributed by atoms with Crippen molar-refractivity contribution in [2.75, 3.05) is 15.4 Å². The van der Waals surface area contributed by atoms with Gasteiger partial charge in [-0.1, -0.05) is 52.1 Å². The van der Waals surface area contributed by atoms with Gasteiger partial charge in [0.2, 0.25) is 5.91 Å². The first-order chi connectivity index (χ1) is 5.70. The van der Waals surface area contributed by atoms with Gasteiger partial charge < -0.3 is 4.90 Å². The summed E-state index contributed by atoms with van der Waals surface area (Å²) in [6.45, 7) is 2.96. The molecule has 1 rings (SSSR count). The topological polar surface area (TPSA) is 20.3 Å². The van der Waals surface area contributed by atoms with Gasteiger partial charge in [0.05, 0.1) is 0 Å². The van der Waals surface area contributed by atoms with Crippen molar-refractivity contribution in [2.45, 2.75) is 19.4 Å². The molecule has 0 aromatic heterocycles. The fourth-order valence-electron chi connectivity index (χ4n) is 1.63. The van der Waals surface area contributed by atoms with Crippen molar-refractivity contribution in [2.24, 2.45) is 5.92 Å². The highest BCUT2D eigenvalue weighted by Crippen LogP contribution is 2.25. The fraction of sp³-hybridized carbons (Fsp3) is 0.875. The highest BCUT2D eigenvalue weighted by Gasteiger charge is 2.35. The monoisotopic (exact) mass is 393 g/mol. The summed E-state index contributed by atoms with van der Waals surface area (Å²) in [5.41, 5.74) is 0. The Kier molecular flexibility index (Phi) is 4.56. The summed E-state index contributed by atoms with van der Waals surface area (Å²) in [6, 6.07) is 0.503. The van der Waals surface area contributed by atoms with Crippen LogP contribution in [0.1, 0.15) is 13.3 Å². The molecule has 0 radical (unpaired) electrons. The van der Waals surface area contributed by atoms with E-state index in [-0.39, 0.29) is 5.92 Å². The Hall–Kier alpha value is 0.930. The van der Waals surface area contributed by atoms with E-state index in [1.165, 1.54) is 0 Å². The molecule has 1 amide bonds. The van der Waals surface area contributed by atoms with Gasteiger partial charge in [0, 0.05) is 27.4 Å². The van der Waals surface area contributed by atoms with Gasteiger partial charge in [0.15, 0.2) is 0 Å². The van der Waals surface area contributed by atoms with E-state index >= 15 is 0 Å². The van der Waals surface area contributed by atoms with Crippen LogP contribution < -0.4 is 0 Å². The minimum atomic E-state index is 0.257. The van der Waals surface area contributed by atoms with Crippen LogP contribution in [0.2, 0.25) is 0 Å². The molecule has 70 valence electrons. The first-order valence-corrected chi connectivity index (χ1v) is 7.18. The summed E-state index contributed by atoms with van der Waals surface area (Å²) in [5, 5.41) is 0. The standard InChI is InChI=1S/C8H13I2NO/c1-6-4-7(5-10)11(3-2-9)8(6)12/h6-7H,2-5H2,1H3. The van der Waals surface area contributed by atoms with Gasteiger partial charge in [-0.25, -0.2) is 0 Å². The minimum Gasteiger partial charge on any atom is -0.338 e. The van der Waals surface area contributed by atoms with Gasteiger partial charge in [-0.05, 0) is 6.42 Å². The first kappa shape index (κ1) is 11.0. The summed E-state index contributed by atoms with van der Waals surface area (Å²) in [6.07, 6.45) is 1.05. The normalized spacial score (nSPS) is 29.9. The van der Waals surface area contributed by atoms with Gasteiger partial charge in [-0.15, -0.1) is 0 Å². The van der Waals surface area contributed by atoms with Crippen LogP contribution in [0.3, 0.4) is 0 Å². The molecular weight excluding hydrogens is 380 g/mol. The molecule has 2 nitrogen and oxygen atoms in total. The van der Waals surface area contributed by atoms with Gasteiger partial charge in [0.25, 0.3) is 0 Å². The van der Waals surface area contributed by atoms with Crippen LogP contribution in [0.25, 0.3) is 0 Å². The predicted molar refractivity (Wildman–Crippen MR) is 67.1 cm³/mol. The van der Waals surface area contributed by atoms with Crippen molar-refractivity contribution in [3.63, 3.8) is 0 Å². The molecule has 0 saturated carbocycles. The van der Waals surface area contributed by atoms with Crippen molar-refractivity contribution in [3.05, 3.63) is 0 Å². The SMILES string of the molecule is CC1CC(CI)N(CCI)C1=O. The molecule has 1 aliphatic rings. The third kappa shape index (κ3) is 2.24. The Labute approximate surface area is 101 Å². The Morgan fingerprint density at radius 3 is 2.75 bits per heavy atom. The quantitative estimate of drug-likeness (QED) is 0.532. The van der Waals surface area contributed by atoms with Crippen LogP contribution >= 0.6 is 45.2 Å². The lowest BCUT2D eigenvalue weighted by atomic mass is 10.1. The molecule has 0 bridgehead atoms.